The minimum absolute atomic E-state index is 0.0755. The largest absolute Gasteiger partial charge is 0.371 e. The van der Waals surface area contributed by atoms with Crippen LogP contribution in [0.1, 0.15) is 55.7 Å². The molecule has 1 aromatic carbocycles. The van der Waals surface area contributed by atoms with Crippen LogP contribution in [0.2, 0.25) is 0 Å². The van der Waals surface area contributed by atoms with Crippen LogP contribution in [0, 0.1) is 10.1 Å². The molecule has 3 rings (SSSR count). The standard InChI is InChI=1S/C24H31N5O3/c1-17(2)9-13-28-14-10-20(11-15-28)27-24(30)19-7-8-22(23(16-19)29(31)32)26-18(3)21-6-4-5-12-25-21/h4-9,12,16,18,20,26H,10-11,13-15H2,1-3H3,(H,27,30). The molecule has 1 saturated heterocycles. The lowest BCUT2D eigenvalue weighted by Crippen LogP contribution is -2.44. The van der Waals surface area contributed by atoms with Gasteiger partial charge in [-0.2, -0.15) is 0 Å². The van der Waals surface area contributed by atoms with E-state index in [9.17, 15) is 14.9 Å². The van der Waals surface area contributed by atoms with Crippen molar-refractivity contribution >= 4 is 17.3 Å². The Morgan fingerprint density at radius 3 is 2.66 bits per heavy atom. The van der Waals surface area contributed by atoms with E-state index < -0.39 is 4.92 Å². The molecule has 0 spiro atoms. The number of aromatic nitrogens is 1. The maximum atomic E-state index is 12.8. The molecule has 1 aromatic heterocycles. The first-order chi connectivity index (χ1) is 15.3. The molecule has 8 heteroatoms. The third-order valence-corrected chi connectivity index (χ3v) is 5.64. The second-order valence-electron chi connectivity index (χ2n) is 8.44. The van der Waals surface area contributed by atoms with Gasteiger partial charge in [-0.1, -0.05) is 17.7 Å². The van der Waals surface area contributed by atoms with Crippen molar-refractivity contribution in [1.29, 1.82) is 0 Å². The third-order valence-electron chi connectivity index (χ3n) is 5.64. The number of allylic oxidation sites excluding steroid dienone is 1. The maximum absolute atomic E-state index is 12.8. The summed E-state index contributed by atoms with van der Waals surface area (Å²) in [6.45, 7) is 8.84. The van der Waals surface area contributed by atoms with Crippen molar-refractivity contribution in [3.63, 3.8) is 0 Å². The van der Waals surface area contributed by atoms with E-state index in [4.69, 9.17) is 0 Å². The summed E-state index contributed by atoms with van der Waals surface area (Å²) in [5, 5.41) is 17.8. The van der Waals surface area contributed by atoms with E-state index >= 15 is 0 Å². The monoisotopic (exact) mass is 437 g/mol. The van der Waals surface area contributed by atoms with Crippen LogP contribution in [0.15, 0.2) is 54.2 Å². The maximum Gasteiger partial charge on any atom is 0.293 e. The topological polar surface area (TPSA) is 100 Å². The van der Waals surface area contributed by atoms with Crippen LogP contribution in [0.3, 0.4) is 0 Å². The Kier molecular flexibility index (Phi) is 7.94. The van der Waals surface area contributed by atoms with Gasteiger partial charge in [0.25, 0.3) is 11.6 Å². The number of nitro benzene ring substituents is 1. The number of nitrogens with zero attached hydrogens (tertiary/aromatic N) is 3. The van der Waals surface area contributed by atoms with Crippen molar-refractivity contribution in [2.24, 2.45) is 0 Å². The first kappa shape index (κ1) is 23.4. The van der Waals surface area contributed by atoms with Gasteiger partial charge in [-0.3, -0.25) is 24.8 Å². The number of amides is 1. The van der Waals surface area contributed by atoms with E-state index in [0.717, 1.165) is 38.2 Å². The summed E-state index contributed by atoms with van der Waals surface area (Å²) in [5.41, 5.74) is 2.60. The fourth-order valence-corrected chi connectivity index (χ4v) is 3.73. The normalized spacial score (nSPS) is 15.6. The Labute approximate surface area is 188 Å². The molecule has 0 bridgehead atoms. The van der Waals surface area contributed by atoms with Gasteiger partial charge in [0.15, 0.2) is 0 Å². The number of rotatable bonds is 8. The van der Waals surface area contributed by atoms with E-state index in [1.807, 2.05) is 25.1 Å². The van der Waals surface area contributed by atoms with Crippen LogP contribution in [0.4, 0.5) is 11.4 Å². The number of piperidine rings is 1. The molecule has 170 valence electrons. The Balaban J connectivity index is 1.63. The molecule has 32 heavy (non-hydrogen) atoms. The first-order valence-electron chi connectivity index (χ1n) is 11.0. The predicted molar refractivity (Wildman–Crippen MR) is 126 cm³/mol. The highest BCUT2D eigenvalue weighted by Gasteiger charge is 2.23. The highest BCUT2D eigenvalue weighted by atomic mass is 16.6. The fraction of sp³-hybridized carbons (Fsp3) is 0.417. The number of pyridine rings is 1. The number of anilines is 1. The summed E-state index contributed by atoms with van der Waals surface area (Å²) in [4.78, 5) is 30.6. The predicted octanol–water partition coefficient (Wildman–Crippen LogP) is 4.32. The number of nitro groups is 1. The van der Waals surface area contributed by atoms with Crippen molar-refractivity contribution in [2.75, 3.05) is 25.0 Å². The van der Waals surface area contributed by atoms with Gasteiger partial charge in [-0.15, -0.1) is 0 Å². The van der Waals surface area contributed by atoms with Crippen LogP contribution < -0.4 is 10.6 Å². The van der Waals surface area contributed by atoms with Gasteiger partial charge in [0, 0.05) is 43.5 Å². The number of benzene rings is 1. The summed E-state index contributed by atoms with van der Waals surface area (Å²) in [6, 6.07) is 9.96. The van der Waals surface area contributed by atoms with E-state index in [1.54, 1.807) is 18.3 Å². The first-order valence-corrected chi connectivity index (χ1v) is 11.0. The molecule has 1 aliphatic rings. The van der Waals surface area contributed by atoms with Crippen molar-refractivity contribution in [2.45, 2.75) is 45.7 Å². The third kappa shape index (κ3) is 6.37. The molecule has 0 saturated carbocycles. The van der Waals surface area contributed by atoms with Crippen LogP contribution in [-0.4, -0.2) is 46.4 Å². The molecule has 1 fully saturated rings. The van der Waals surface area contributed by atoms with Gasteiger partial charge in [0.1, 0.15) is 5.69 Å². The number of nitrogens with one attached hydrogen (secondary N) is 2. The number of likely N-dealkylation sites (tertiary alicyclic amines) is 1. The lowest BCUT2D eigenvalue weighted by atomic mass is 10.0. The molecule has 0 aliphatic carbocycles. The van der Waals surface area contributed by atoms with Crippen LogP contribution >= 0.6 is 0 Å². The lowest BCUT2D eigenvalue weighted by molar-refractivity contribution is -0.384. The van der Waals surface area contributed by atoms with Crippen molar-refractivity contribution in [1.82, 2.24) is 15.2 Å². The summed E-state index contributed by atoms with van der Waals surface area (Å²) < 4.78 is 0. The zero-order valence-electron chi connectivity index (χ0n) is 18.9. The molecule has 2 N–H and O–H groups in total. The molecule has 8 nitrogen and oxygen atoms in total. The highest BCUT2D eigenvalue weighted by molar-refractivity contribution is 5.96. The van der Waals surface area contributed by atoms with E-state index in [1.165, 1.54) is 11.6 Å². The second-order valence-corrected chi connectivity index (χ2v) is 8.44. The highest BCUT2D eigenvalue weighted by Crippen LogP contribution is 2.29. The Morgan fingerprint density at radius 2 is 2.03 bits per heavy atom. The summed E-state index contributed by atoms with van der Waals surface area (Å²) in [6.07, 6.45) is 5.63. The average Bonchev–Trinajstić information content (AvgIpc) is 2.79. The minimum Gasteiger partial charge on any atom is -0.371 e. The second kappa shape index (κ2) is 10.9. The molecule has 2 aromatic rings. The van der Waals surface area contributed by atoms with Gasteiger partial charge in [0.2, 0.25) is 0 Å². The molecular formula is C24H31N5O3. The molecule has 2 heterocycles. The molecule has 1 aliphatic heterocycles. The zero-order valence-corrected chi connectivity index (χ0v) is 18.9. The average molecular weight is 438 g/mol. The SMILES string of the molecule is CC(C)=CCN1CCC(NC(=O)c2ccc(NC(C)c3ccccn3)c([N+](=O)[O-])c2)CC1. The van der Waals surface area contributed by atoms with Crippen molar-refractivity contribution in [3.05, 3.63) is 75.6 Å². The number of carbonyl (C=O) groups is 1. The quantitative estimate of drug-likeness (QED) is 0.362. The van der Waals surface area contributed by atoms with E-state index in [0.29, 0.717) is 11.3 Å². The van der Waals surface area contributed by atoms with Gasteiger partial charge in [0.05, 0.1) is 16.7 Å². The van der Waals surface area contributed by atoms with Crippen LogP contribution in [0.5, 0.6) is 0 Å². The molecule has 0 radical (unpaired) electrons. The van der Waals surface area contributed by atoms with E-state index in [2.05, 4.69) is 40.4 Å². The molecule has 1 unspecified atom stereocenters. The van der Waals surface area contributed by atoms with Crippen molar-refractivity contribution < 1.29 is 9.72 Å². The van der Waals surface area contributed by atoms with Gasteiger partial charge < -0.3 is 10.6 Å². The minimum atomic E-state index is -0.466. The molecule has 1 amide bonds. The molecule has 1 atom stereocenters. The fourth-order valence-electron chi connectivity index (χ4n) is 3.73. The lowest BCUT2D eigenvalue weighted by Gasteiger charge is -2.31. The van der Waals surface area contributed by atoms with Gasteiger partial charge >= 0.3 is 0 Å². The number of hydrogen-bond acceptors (Lipinski definition) is 6. The Morgan fingerprint density at radius 1 is 1.28 bits per heavy atom. The zero-order chi connectivity index (χ0) is 23.1. The smallest absolute Gasteiger partial charge is 0.293 e. The van der Waals surface area contributed by atoms with Crippen molar-refractivity contribution in [3.8, 4) is 0 Å². The summed E-state index contributed by atoms with van der Waals surface area (Å²) >= 11 is 0. The summed E-state index contributed by atoms with van der Waals surface area (Å²) in [5.74, 6) is -0.278. The van der Waals surface area contributed by atoms with Gasteiger partial charge in [-0.05, 0) is 57.9 Å². The molecular weight excluding hydrogens is 406 g/mol. The number of hydrogen-bond donors (Lipinski definition) is 2. The van der Waals surface area contributed by atoms with Gasteiger partial charge in [-0.25, -0.2) is 0 Å². The Bertz CT molecular complexity index is 965. The summed E-state index contributed by atoms with van der Waals surface area (Å²) in [7, 11) is 0. The Hall–Kier alpha value is -3.26. The van der Waals surface area contributed by atoms with E-state index in [-0.39, 0.29) is 23.7 Å². The van der Waals surface area contributed by atoms with Crippen LogP contribution in [0.25, 0.3) is 0 Å². The number of carbonyl (C=O) groups excluding carboxylic acids is 1. The van der Waals surface area contributed by atoms with Crippen LogP contribution in [-0.2, 0) is 0 Å².